The van der Waals surface area contributed by atoms with E-state index in [-0.39, 0.29) is 12.5 Å². The number of aromatic nitrogens is 1. The fourth-order valence-corrected chi connectivity index (χ4v) is 3.04. The van der Waals surface area contributed by atoms with E-state index in [0.717, 1.165) is 22.2 Å². The van der Waals surface area contributed by atoms with Crippen LogP contribution in [0.4, 0.5) is 0 Å². The number of aliphatic hydroxyl groups excluding tert-OH is 1. The van der Waals surface area contributed by atoms with E-state index in [9.17, 15) is 15.0 Å². The van der Waals surface area contributed by atoms with Gasteiger partial charge in [-0.15, -0.1) is 0 Å². The molecule has 3 rings (SSSR count). The minimum absolute atomic E-state index is 0.110. The average molecular weight is 302 g/mol. The fourth-order valence-electron chi connectivity index (χ4n) is 3.04. The van der Waals surface area contributed by atoms with Crippen molar-refractivity contribution in [2.45, 2.75) is 38.9 Å². The maximum Gasteiger partial charge on any atom is 0.256 e. The Morgan fingerprint density at radius 1 is 1.41 bits per heavy atom. The largest absolute Gasteiger partial charge is 0.388 e. The number of likely N-dealkylation sites (tertiary alicyclic amines) is 1. The van der Waals surface area contributed by atoms with Crippen molar-refractivity contribution in [3.63, 3.8) is 0 Å². The van der Waals surface area contributed by atoms with Crippen LogP contribution >= 0.6 is 0 Å². The summed E-state index contributed by atoms with van der Waals surface area (Å²) in [5.41, 5.74) is 2.53. The number of piperidine rings is 1. The number of hydrogen-bond donors (Lipinski definition) is 3. The fraction of sp³-hybridized carbons (Fsp3) is 0.471. The molecule has 1 aromatic heterocycles. The van der Waals surface area contributed by atoms with Crippen LogP contribution in [-0.2, 0) is 0 Å². The first-order chi connectivity index (χ1) is 10.3. The van der Waals surface area contributed by atoms with Gasteiger partial charge in [-0.1, -0.05) is 12.1 Å². The molecule has 2 heterocycles. The molecular formula is C17H22N2O3. The number of carbonyl (C=O) groups excluding carboxylic acids is 1. The van der Waals surface area contributed by atoms with Crippen LogP contribution < -0.4 is 0 Å². The maximum absolute atomic E-state index is 12.8. The molecule has 5 nitrogen and oxygen atoms in total. The number of fused-ring (bicyclic) bond motifs is 1. The lowest BCUT2D eigenvalue weighted by Gasteiger charge is -2.39. The number of aromatic amines is 1. The molecule has 5 heteroatoms. The van der Waals surface area contributed by atoms with E-state index < -0.39 is 11.7 Å². The highest BCUT2D eigenvalue weighted by Crippen LogP contribution is 2.27. The van der Waals surface area contributed by atoms with E-state index in [4.69, 9.17) is 0 Å². The predicted molar refractivity (Wildman–Crippen MR) is 84.9 cm³/mol. The summed E-state index contributed by atoms with van der Waals surface area (Å²) in [4.78, 5) is 17.7. The van der Waals surface area contributed by atoms with Crippen LogP contribution in [-0.4, -0.2) is 50.8 Å². The molecule has 0 spiro atoms. The quantitative estimate of drug-likeness (QED) is 0.751. The summed E-state index contributed by atoms with van der Waals surface area (Å²) in [6.07, 6.45) is -0.546. The Bertz CT molecular complexity index is 733. The molecule has 0 radical (unpaired) electrons. The molecule has 1 aliphatic rings. The second-order valence-corrected chi connectivity index (χ2v) is 6.48. The Balaban J connectivity index is 1.95. The number of nitrogens with zero attached hydrogens (tertiary/aromatic N) is 1. The van der Waals surface area contributed by atoms with Crippen molar-refractivity contribution in [2.75, 3.05) is 13.1 Å². The van der Waals surface area contributed by atoms with Crippen LogP contribution in [0.2, 0.25) is 0 Å². The van der Waals surface area contributed by atoms with E-state index in [0.29, 0.717) is 18.5 Å². The summed E-state index contributed by atoms with van der Waals surface area (Å²) < 4.78 is 0. The van der Waals surface area contributed by atoms with Crippen LogP contribution in [0, 0.1) is 13.8 Å². The van der Waals surface area contributed by atoms with Gasteiger partial charge in [0.25, 0.3) is 5.91 Å². The summed E-state index contributed by atoms with van der Waals surface area (Å²) in [5, 5.41) is 21.1. The second kappa shape index (κ2) is 5.11. The molecule has 1 amide bonds. The maximum atomic E-state index is 12.8. The summed E-state index contributed by atoms with van der Waals surface area (Å²) in [6, 6.07) is 5.69. The topological polar surface area (TPSA) is 76.6 Å². The Labute approximate surface area is 129 Å². The molecule has 0 saturated carbocycles. The highest BCUT2D eigenvalue weighted by Gasteiger charge is 2.38. The third-order valence-corrected chi connectivity index (χ3v) is 4.86. The standard InChI is InChI=1S/C17H22N2O3/c1-10-11(2)18-15-12(10)5-4-6-13(15)16(21)19-8-7-17(3,22)14(20)9-19/h4-6,14,18,20,22H,7-9H2,1-3H3/t14-,17+/m1/s1. The van der Waals surface area contributed by atoms with E-state index in [1.54, 1.807) is 17.9 Å². The highest BCUT2D eigenvalue weighted by molar-refractivity contribution is 6.06. The number of β-amino-alcohol motifs (C(OH)–C–C–N with tert-alkyl or cyclic N) is 1. The average Bonchev–Trinajstić information content (AvgIpc) is 2.77. The third kappa shape index (κ3) is 2.30. The number of para-hydroxylation sites is 1. The molecule has 2 atom stereocenters. The van der Waals surface area contributed by atoms with E-state index >= 15 is 0 Å². The van der Waals surface area contributed by atoms with Gasteiger partial charge in [-0.2, -0.15) is 0 Å². The third-order valence-electron chi connectivity index (χ3n) is 4.86. The van der Waals surface area contributed by atoms with Crippen LogP contribution in [0.15, 0.2) is 18.2 Å². The zero-order valence-electron chi connectivity index (χ0n) is 13.2. The molecule has 1 fully saturated rings. The van der Waals surface area contributed by atoms with Crippen LogP contribution in [0.3, 0.4) is 0 Å². The number of carbonyl (C=O) groups is 1. The number of amides is 1. The number of H-pyrrole nitrogens is 1. The first-order valence-electron chi connectivity index (χ1n) is 7.59. The number of nitrogens with one attached hydrogen (secondary N) is 1. The monoisotopic (exact) mass is 302 g/mol. The first-order valence-corrected chi connectivity index (χ1v) is 7.59. The second-order valence-electron chi connectivity index (χ2n) is 6.48. The highest BCUT2D eigenvalue weighted by atomic mass is 16.3. The Morgan fingerprint density at radius 2 is 2.14 bits per heavy atom. The summed E-state index contributed by atoms with van der Waals surface area (Å²) >= 11 is 0. The van der Waals surface area contributed by atoms with Crippen LogP contribution in [0.1, 0.15) is 35.0 Å². The van der Waals surface area contributed by atoms with Gasteiger partial charge in [0.05, 0.1) is 22.8 Å². The van der Waals surface area contributed by atoms with Gasteiger partial charge in [-0.3, -0.25) is 4.79 Å². The molecule has 3 N–H and O–H groups in total. The lowest BCUT2D eigenvalue weighted by molar-refractivity contribution is -0.0999. The van der Waals surface area contributed by atoms with Crippen molar-refractivity contribution < 1.29 is 15.0 Å². The van der Waals surface area contributed by atoms with Gasteiger partial charge < -0.3 is 20.1 Å². The number of hydrogen-bond acceptors (Lipinski definition) is 3. The minimum Gasteiger partial charge on any atom is -0.388 e. The van der Waals surface area contributed by atoms with Gasteiger partial charge in [0.2, 0.25) is 0 Å². The van der Waals surface area contributed by atoms with Gasteiger partial charge >= 0.3 is 0 Å². The smallest absolute Gasteiger partial charge is 0.256 e. The van der Waals surface area contributed by atoms with Crippen molar-refractivity contribution in [1.82, 2.24) is 9.88 Å². The van der Waals surface area contributed by atoms with Crippen molar-refractivity contribution >= 4 is 16.8 Å². The van der Waals surface area contributed by atoms with Gasteiger partial charge in [0.15, 0.2) is 0 Å². The Morgan fingerprint density at radius 3 is 2.82 bits per heavy atom. The zero-order valence-corrected chi connectivity index (χ0v) is 13.2. The number of benzene rings is 1. The van der Waals surface area contributed by atoms with Crippen molar-refractivity contribution in [3.8, 4) is 0 Å². The molecular weight excluding hydrogens is 280 g/mol. The molecule has 0 aliphatic carbocycles. The van der Waals surface area contributed by atoms with Gasteiger partial charge in [-0.05, 0) is 38.8 Å². The molecule has 0 bridgehead atoms. The molecule has 118 valence electrons. The first kappa shape index (κ1) is 15.1. The molecule has 0 unspecified atom stereocenters. The minimum atomic E-state index is -1.12. The van der Waals surface area contributed by atoms with Gasteiger partial charge in [0.1, 0.15) is 0 Å². The molecule has 22 heavy (non-hydrogen) atoms. The molecule has 1 aromatic carbocycles. The van der Waals surface area contributed by atoms with Gasteiger partial charge in [0, 0.05) is 24.2 Å². The SMILES string of the molecule is Cc1[nH]c2c(C(=O)N3CC[C@](C)(O)[C@H](O)C3)cccc2c1C. The van der Waals surface area contributed by atoms with Crippen LogP contribution in [0.25, 0.3) is 10.9 Å². The van der Waals surface area contributed by atoms with Gasteiger partial charge in [-0.25, -0.2) is 0 Å². The molecule has 1 saturated heterocycles. The summed E-state index contributed by atoms with van der Waals surface area (Å²) in [6.45, 7) is 6.23. The Hall–Kier alpha value is -1.85. The van der Waals surface area contributed by atoms with E-state index in [1.165, 1.54) is 0 Å². The van der Waals surface area contributed by atoms with E-state index in [2.05, 4.69) is 4.98 Å². The number of rotatable bonds is 1. The number of aryl methyl sites for hydroxylation is 2. The molecule has 1 aliphatic heterocycles. The number of aliphatic hydroxyl groups is 2. The lowest BCUT2D eigenvalue weighted by Crippen LogP contribution is -2.55. The van der Waals surface area contributed by atoms with Crippen molar-refractivity contribution in [1.29, 1.82) is 0 Å². The molecule has 2 aromatic rings. The van der Waals surface area contributed by atoms with Crippen molar-refractivity contribution in [2.24, 2.45) is 0 Å². The van der Waals surface area contributed by atoms with E-state index in [1.807, 2.05) is 26.0 Å². The van der Waals surface area contributed by atoms with Crippen molar-refractivity contribution in [3.05, 3.63) is 35.0 Å². The Kier molecular flexibility index (Phi) is 3.50. The summed E-state index contributed by atoms with van der Waals surface area (Å²) in [7, 11) is 0. The normalized spacial score (nSPS) is 25.7. The zero-order chi connectivity index (χ0) is 16.1. The summed E-state index contributed by atoms with van der Waals surface area (Å²) in [5.74, 6) is -0.110. The predicted octanol–water partition coefficient (Wildman–Crippen LogP) is 1.74. The lowest BCUT2D eigenvalue weighted by atomic mass is 9.90. The van der Waals surface area contributed by atoms with Crippen LogP contribution in [0.5, 0.6) is 0 Å².